The van der Waals surface area contributed by atoms with Crippen LogP contribution in [0.3, 0.4) is 0 Å². The first-order chi connectivity index (χ1) is 8.82. The molecule has 0 aliphatic heterocycles. The van der Waals surface area contributed by atoms with Gasteiger partial charge in [0.1, 0.15) is 4.90 Å². The number of hydrogen-bond acceptors (Lipinski definition) is 3. The Bertz CT molecular complexity index is 697. The fourth-order valence-electron chi connectivity index (χ4n) is 1.79. The summed E-state index contributed by atoms with van der Waals surface area (Å²) in [5.74, 6) is 0. The number of benzene rings is 1. The number of rotatable bonds is 4. The summed E-state index contributed by atoms with van der Waals surface area (Å²) in [6.45, 7) is -0.850. The van der Waals surface area contributed by atoms with E-state index in [9.17, 15) is 17.2 Å². The van der Waals surface area contributed by atoms with Crippen LogP contribution in [0, 0.1) is 0 Å². The van der Waals surface area contributed by atoms with E-state index in [0.717, 1.165) is 7.05 Å². The van der Waals surface area contributed by atoms with Crippen LogP contribution >= 0.6 is 0 Å². The molecule has 0 spiro atoms. The molecular weight excluding hydrogens is 276 g/mol. The molecule has 2 rings (SSSR count). The maximum Gasteiger partial charge on any atom is 0.252 e. The minimum atomic E-state index is -3.97. The van der Waals surface area contributed by atoms with Crippen molar-refractivity contribution in [2.75, 3.05) is 19.3 Å². The van der Waals surface area contributed by atoms with Crippen molar-refractivity contribution in [1.29, 1.82) is 0 Å². The highest BCUT2D eigenvalue weighted by molar-refractivity contribution is 7.89. The number of aromatic nitrogens is 1. The van der Waals surface area contributed by atoms with Crippen molar-refractivity contribution in [2.24, 2.45) is 0 Å². The average molecular weight is 289 g/mol. The molecule has 0 aliphatic rings. The smallest absolute Gasteiger partial charge is 0.252 e. The van der Waals surface area contributed by atoms with E-state index in [1.807, 2.05) is 0 Å². The Morgan fingerprint density at radius 2 is 2.11 bits per heavy atom. The second-order valence-corrected chi connectivity index (χ2v) is 6.15. The van der Waals surface area contributed by atoms with E-state index in [2.05, 4.69) is 4.98 Å². The molecule has 8 heteroatoms. The molecule has 1 aromatic heterocycles. The van der Waals surface area contributed by atoms with Gasteiger partial charge in [0.25, 0.3) is 6.43 Å². The van der Waals surface area contributed by atoms with Gasteiger partial charge in [-0.1, -0.05) is 0 Å². The third kappa shape index (κ3) is 2.54. The zero-order valence-electron chi connectivity index (χ0n) is 10.1. The maximum atomic E-state index is 12.3. The number of aromatic amines is 1. The fourth-order valence-corrected chi connectivity index (χ4v) is 3.09. The van der Waals surface area contributed by atoms with Crippen LogP contribution < -0.4 is 5.73 Å². The predicted molar refractivity (Wildman–Crippen MR) is 68.5 cm³/mol. The van der Waals surface area contributed by atoms with Gasteiger partial charge in [0, 0.05) is 29.8 Å². The van der Waals surface area contributed by atoms with Gasteiger partial charge in [-0.25, -0.2) is 17.2 Å². The minimum absolute atomic E-state index is 0.0575. The number of nitrogens with zero attached hydrogens (tertiary/aromatic N) is 1. The van der Waals surface area contributed by atoms with E-state index < -0.39 is 23.0 Å². The molecule has 0 unspecified atom stereocenters. The van der Waals surface area contributed by atoms with E-state index in [4.69, 9.17) is 5.73 Å². The number of fused-ring (bicyclic) bond motifs is 1. The molecule has 2 aromatic rings. The first-order valence-corrected chi connectivity index (χ1v) is 6.87. The number of sulfonamides is 1. The lowest BCUT2D eigenvalue weighted by Gasteiger charge is -2.15. The van der Waals surface area contributed by atoms with Crippen LogP contribution in [0.2, 0.25) is 0 Å². The largest absolute Gasteiger partial charge is 0.399 e. The minimum Gasteiger partial charge on any atom is -0.399 e. The van der Waals surface area contributed by atoms with Crippen molar-refractivity contribution < 1.29 is 17.2 Å². The van der Waals surface area contributed by atoms with Gasteiger partial charge in [-0.3, -0.25) is 0 Å². The number of halogens is 2. The van der Waals surface area contributed by atoms with Crippen LogP contribution in [0.5, 0.6) is 0 Å². The van der Waals surface area contributed by atoms with Gasteiger partial charge in [-0.15, -0.1) is 0 Å². The van der Waals surface area contributed by atoms with Gasteiger partial charge in [0.05, 0.1) is 6.54 Å². The molecule has 0 saturated heterocycles. The van der Waals surface area contributed by atoms with Gasteiger partial charge in [0.15, 0.2) is 0 Å². The number of nitrogens with one attached hydrogen (secondary N) is 1. The summed E-state index contributed by atoms with van der Waals surface area (Å²) >= 11 is 0. The maximum absolute atomic E-state index is 12.3. The lowest BCUT2D eigenvalue weighted by Crippen LogP contribution is -2.31. The zero-order valence-corrected chi connectivity index (χ0v) is 10.9. The van der Waals surface area contributed by atoms with Crippen molar-refractivity contribution in [3.05, 3.63) is 24.4 Å². The molecule has 5 nitrogen and oxygen atoms in total. The first kappa shape index (κ1) is 13.8. The van der Waals surface area contributed by atoms with E-state index >= 15 is 0 Å². The summed E-state index contributed by atoms with van der Waals surface area (Å²) in [7, 11) is -2.85. The van der Waals surface area contributed by atoms with Crippen LogP contribution in [0.25, 0.3) is 10.9 Å². The molecule has 0 atom stereocenters. The Hall–Kier alpha value is -1.67. The Kier molecular flexibility index (Phi) is 3.46. The molecule has 19 heavy (non-hydrogen) atoms. The highest BCUT2D eigenvalue weighted by Crippen LogP contribution is 2.26. The molecule has 0 amide bonds. The van der Waals surface area contributed by atoms with Crippen LogP contribution in [-0.2, 0) is 10.0 Å². The zero-order chi connectivity index (χ0) is 14.2. The van der Waals surface area contributed by atoms with Crippen LogP contribution in [0.1, 0.15) is 0 Å². The predicted octanol–water partition coefficient (Wildman–Crippen LogP) is 1.64. The standard InChI is InChI=1S/C11H13F2N3O2S/c1-16(6-11(12)13)19(17,18)10-5-15-9-3-2-7(14)4-8(9)10/h2-5,11,15H,6,14H2,1H3. The number of anilines is 1. The molecule has 3 N–H and O–H groups in total. The SMILES string of the molecule is CN(CC(F)F)S(=O)(=O)c1c[nH]c2ccc(N)cc12. The van der Waals surface area contributed by atoms with Crippen molar-refractivity contribution in [2.45, 2.75) is 11.3 Å². The monoisotopic (exact) mass is 289 g/mol. The van der Waals surface area contributed by atoms with Gasteiger partial charge < -0.3 is 10.7 Å². The molecule has 0 radical (unpaired) electrons. The van der Waals surface area contributed by atoms with Crippen molar-refractivity contribution in [3.8, 4) is 0 Å². The topological polar surface area (TPSA) is 79.2 Å². The highest BCUT2D eigenvalue weighted by Gasteiger charge is 2.26. The van der Waals surface area contributed by atoms with Gasteiger partial charge in [-0.05, 0) is 18.2 Å². The number of H-pyrrole nitrogens is 1. The Morgan fingerprint density at radius 1 is 1.42 bits per heavy atom. The van der Waals surface area contributed by atoms with Crippen LogP contribution in [0.15, 0.2) is 29.3 Å². The Morgan fingerprint density at radius 3 is 2.74 bits per heavy atom. The number of nitrogens with two attached hydrogens (primary N) is 1. The van der Waals surface area contributed by atoms with Gasteiger partial charge in [-0.2, -0.15) is 4.31 Å². The normalized spacial score (nSPS) is 12.7. The molecular formula is C11H13F2N3O2S. The van der Waals surface area contributed by atoms with E-state index in [-0.39, 0.29) is 4.90 Å². The number of nitrogen functional groups attached to an aromatic ring is 1. The molecule has 0 aliphatic carbocycles. The fraction of sp³-hybridized carbons (Fsp3) is 0.273. The van der Waals surface area contributed by atoms with Gasteiger partial charge in [0.2, 0.25) is 10.0 Å². The molecule has 104 valence electrons. The van der Waals surface area contributed by atoms with Crippen molar-refractivity contribution in [3.63, 3.8) is 0 Å². The second-order valence-electron chi connectivity index (χ2n) is 4.13. The second kappa shape index (κ2) is 4.78. The highest BCUT2D eigenvalue weighted by atomic mass is 32.2. The third-order valence-electron chi connectivity index (χ3n) is 2.75. The van der Waals surface area contributed by atoms with E-state index in [1.165, 1.54) is 12.3 Å². The third-order valence-corrected chi connectivity index (χ3v) is 4.61. The summed E-state index contributed by atoms with van der Waals surface area (Å²) in [6, 6.07) is 4.75. The molecule has 0 bridgehead atoms. The quantitative estimate of drug-likeness (QED) is 0.840. The van der Waals surface area contributed by atoms with Crippen molar-refractivity contribution >= 4 is 26.6 Å². The van der Waals surface area contributed by atoms with Crippen LogP contribution in [0.4, 0.5) is 14.5 Å². The number of alkyl halides is 2. The molecule has 0 saturated carbocycles. The molecule has 1 aromatic carbocycles. The van der Waals surface area contributed by atoms with E-state index in [0.29, 0.717) is 20.9 Å². The lowest BCUT2D eigenvalue weighted by molar-refractivity contribution is 0.126. The van der Waals surface area contributed by atoms with Crippen LogP contribution in [-0.4, -0.2) is 37.7 Å². The summed E-state index contributed by atoms with van der Waals surface area (Å²) < 4.78 is 49.6. The lowest BCUT2D eigenvalue weighted by atomic mass is 10.2. The Labute approximate surface area is 109 Å². The summed E-state index contributed by atoms with van der Waals surface area (Å²) in [6.07, 6.45) is -1.45. The average Bonchev–Trinajstić information content (AvgIpc) is 2.71. The molecule has 1 heterocycles. The van der Waals surface area contributed by atoms with E-state index in [1.54, 1.807) is 12.1 Å². The Balaban J connectivity index is 2.51. The number of hydrogen-bond donors (Lipinski definition) is 2. The van der Waals surface area contributed by atoms with Gasteiger partial charge >= 0.3 is 0 Å². The summed E-state index contributed by atoms with van der Waals surface area (Å²) in [4.78, 5) is 2.72. The first-order valence-electron chi connectivity index (χ1n) is 5.43. The summed E-state index contributed by atoms with van der Waals surface area (Å²) in [5, 5.41) is 0.390. The summed E-state index contributed by atoms with van der Waals surface area (Å²) in [5.41, 5.74) is 6.59. The van der Waals surface area contributed by atoms with Crippen molar-refractivity contribution in [1.82, 2.24) is 9.29 Å². The molecule has 0 fully saturated rings.